The zero-order chi connectivity index (χ0) is 11.9. The van der Waals surface area contributed by atoms with Gasteiger partial charge < -0.3 is 0 Å². The van der Waals surface area contributed by atoms with Crippen molar-refractivity contribution in [3.8, 4) is 0 Å². The summed E-state index contributed by atoms with van der Waals surface area (Å²) in [6.07, 6.45) is 0. The van der Waals surface area contributed by atoms with E-state index in [1.807, 2.05) is 23.5 Å². The third kappa shape index (κ3) is 1.24. The minimum absolute atomic E-state index is 0.0309. The molecule has 4 fully saturated rings. The first kappa shape index (κ1) is 11.2. The lowest BCUT2D eigenvalue weighted by Gasteiger charge is -2.22. The number of thioether (sulfide) groups is 3. The van der Waals surface area contributed by atoms with E-state index in [1.165, 1.54) is 11.8 Å². The van der Waals surface area contributed by atoms with Gasteiger partial charge in [0.15, 0.2) is 5.12 Å². The molecule has 92 valence electrons. The molecule has 0 unspecified atom stereocenters. The Labute approximate surface area is 113 Å². The van der Waals surface area contributed by atoms with Crippen LogP contribution in [0.2, 0.25) is 0 Å². The molecule has 0 aromatic rings. The Morgan fingerprint density at radius 3 is 2.59 bits per heavy atom. The van der Waals surface area contributed by atoms with E-state index in [-0.39, 0.29) is 17.6 Å². The summed E-state index contributed by atoms with van der Waals surface area (Å²) in [7, 11) is 0. The van der Waals surface area contributed by atoms with Crippen LogP contribution in [0.4, 0.5) is 0 Å². The van der Waals surface area contributed by atoms with Crippen LogP contribution in [0.1, 0.15) is 13.8 Å². The number of hydrogen-bond donors (Lipinski definition) is 0. The van der Waals surface area contributed by atoms with Crippen molar-refractivity contribution in [1.29, 1.82) is 0 Å². The topological polar surface area (TPSA) is 34.1 Å². The summed E-state index contributed by atoms with van der Waals surface area (Å²) in [6.45, 7) is 3.94. The molecule has 0 radical (unpaired) electrons. The third-order valence-electron chi connectivity index (χ3n) is 4.87. The number of rotatable bonds is 1. The van der Waals surface area contributed by atoms with Gasteiger partial charge in [0.25, 0.3) is 0 Å². The molecular formula is C12H14O2S3. The van der Waals surface area contributed by atoms with Crippen LogP contribution >= 0.6 is 35.3 Å². The van der Waals surface area contributed by atoms with Crippen molar-refractivity contribution in [2.75, 3.05) is 0 Å². The van der Waals surface area contributed by atoms with Crippen molar-refractivity contribution in [2.45, 2.75) is 28.3 Å². The second-order valence-electron chi connectivity index (χ2n) is 5.55. The molecule has 0 bridgehead atoms. The summed E-state index contributed by atoms with van der Waals surface area (Å²) in [4.78, 5) is 24.1. The lowest BCUT2D eigenvalue weighted by Crippen LogP contribution is -2.30. The Balaban J connectivity index is 1.83. The molecule has 4 aliphatic rings. The quantitative estimate of drug-likeness (QED) is 0.740. The van der Waals surface area contributed by atoms with Crippen LogP contribution in [0.3, 0.4) is 0 Å². The minimum atomic E-state index is 0.0309. The first-order valence-corrected chi connectivity index (χ1v) is 8.88. The van der Waals surface area contributed by atoms with E-state index in [1.54, 1.807) is 6.92 Å². The fourth-order valence-corrected chi connectivity index (χ4v) is 10.7. The van der Waals surface area contributed by atoms with E-state index in [9.17, 15) is 9.59 Å². The first-order chi connectivity index (χ1) is 8.09. The molecule has 2 nitrogen and oxygen atoms in total. The van der Waals surface area contributed by atoms with Gasteiger partial charge in [0.2, 0.25) is 0 Å². The molecule has 3 heterocycles. The van der Waals surface area contributed by atoms with Crippen molar-refractivity contribution < 1.29 is 9.59 Å². The molecule has 0 aromatic heterocycles. The summed E-state index contributed by atoms with van der Waals surface area (Å²) in [6, 6.07) is 0. The summed E-state index contributed by atoms with van der Waals surface area (Å²) in [5.41, 5.74) is 0. The van der Waals surface area contributed by atoms with Gasteiger partial charge in [-0.15, -0.1) is 23.5 Å². The predicted octanol–water partition coefficient (Wildman–Crippen LogP) is 2.48. The van der Waals surface area contributed by atoms with Crippen molar-refractivity contribution in [3.63, 3.8) is 0 Å². The molecule has 0 amide bonds. The summed E-state index contributed by atoms with van der Waals surface area (Å²) in [5.74, 6) is 1.94. The summed E-state index contributed by atoms with van der Waals surface area (Å²) in [5, 5.41) is 0.855. The highest BCUT2D eigenvalue weighted by molar-refractivity contribution is 8.29. The predicted molar refractivity (Wildman–Crippen MR) is 72.9 cm³/mol. The van der Waals surface area contributed by atoms with Crippen LogP contribution in [-0.2, 0) is 9.59 Å². The Morgan fingerprint density at radius 2 is 1.88 bits per heavy atom. The number of hydrogen-bond acceptors (Lipinski definition) is 5. The summed E-state index contributed by atoms with van der Waals surface area (Å²) >= 11 is 5.57. The van der Waals surface area contributed by atoms with Crippen molar-refractivity contribution in [3.05, 3.63) is 0 Å². The summed E-state index contributed by atoms with van der Waals surface area (Å²) < 4.78 is 1.10. The van der Waals surface area contributed by atoms with Crippen LogP contribution in [0, 0.1) is 29.6 Å². The maximum absolute atomic E-state index is 12.1. The van der Waals surface area contributed by atoms with Crippen molar-refractivity contribution >= 4 is 46.2 Å². The molecule has 17 heavy (non-hydrogen) atoms. The maximum Gasteiger partial charge on any atom is 0.194 e. The zero-order valence-corrected chi connectivity index (χ0v) is 12.1. The van der Waals surface area contributed by atoms with Crippen molar-refractivity contribution in [2.24, 2.45) is 29.6 Å². The molecule has 4 rings (SSSR count). The van der Waals surface area contributed by atoms with Gasteiger partial charge in [-0.2, -0.15) is 0 Å². The molecule has 0 aromatic carbocycles. The normalized spacial score (nSPS) is 58.8. The van der Waals surface area contributed by atoms with Gasteiger partial charge in [-0.05, 0) is 24.7 Å². The molecule has 8 atom stereocenters. The molecular weight excluding hydrogens is 272 g/mol. The standard InChI is InChI=1S/C12H14O2S3/c1-3(13)5-6-4(2)15-11-8(6)9-7(5)10(14)16-12(9)17-11/h4-9,11-12H,1-2H3/t4-,5-,6-,7+,8-,9-,11-,12-/m1/s1. The minimum Gasteiger partial charge on any atom is -0.300 e. The van der Waals surface area contributed by atoms with Crippen molar-refractivity contribution in [1.82, 2.24) is 0 Å². The van der Waals surface area contributed by atoms with Gasteiger partial charge in [-0.25, -0.2) is 0 Å². The zero-order valence-electron chi connectivity index (χ0n) is 9.66. The second-order valence-corrected chi connectivity index (χ2v) is 10.1. The van der Waals surface area contributed by atoms with Gasteiger partial charge >= 0.3 is 0 Å². The molecule has 0 N–H and O–H groups in total. The van der Waals surface area contributed by atoms with Gasteiger partial charge in [0, 0.05) is 17.1 Å². The van der Waals surface area contributed by atoms with Crippen LogP contribution < -0.4 is 0 Å². The second kappa shape index (κ2) is 3.48. The lowest BCUT2D eigenvalue weighted by molar-refractivity contribution is -0.127. The third-order valence-corrected chi connectivity index (χ3v) is 9.70. The van der Waals surface area contributed by atoms with Gasteiger partial charge in [-0.3, -0.25) is 9.59 Å². The number of carbonyl (C=O) groups excluding carboxylic acids is 2. The van der Waals surface area contributed by atoms with Gasteiger partial charge in [0.1, 0.15) is 5.78 Å². The van der Waals surface area contributed by atoms with E-state index in [0.717, 1.165) is 0 Å². The highest BCUT2D eigenvalue weighted by Gasteiger charge is 2.70. The Bertz CT molecular complexity index is 424. The lowest BCUT2D eigenvalue weighted by atomic mass is 9.83. The largest absolute Gasteiger partial charge is 0.300 e. The molecule has 1 aliphatic carbocycles. The van der Waals surface area contributed by atoms with E-state index >= 15 is 0 Å². The first-order valence-electron chi connectivity index (χ1n) is 6.11. The fourth-order valence-electron chi connectivity index (χ4n) is 4.40. The number of Topliss-reactive ketones (excluding diaryl/α,β-unsaturated/α-hetero) is 1. The maximum atomic E-state index is 12.1. The highest BCUT2D eigenvalue weighted by atomic mass is 32.2. The van der Waals surface area contributed by atoms with E-state index in [0.29, 0.717) is 37.3 Å². The van der Waals surface area contributed by atoms with Crippen LogP contribution in [-0.4, -0.2) is 25.3 Å². The van der Waals surface area contributed by atoms with E-state index < -0.39 is 0 Å². The van der Waals surface area contributed by atoms with Crippen LogP contribution in [0.25, 0.3) is 0 Å². The molecule has 5 heteroatoms. The Morgan fingerprint density at radius 1 is 1.12 bits per heavy atom. The van der Waals surface area contributed by atoms with Crippen LogP contribution in [0.5, 0.6) is 0 Å². The molecule has 3 aliphatic heterocycles. The molecule has 1 saturated carbocycles. The average Bonchev–Trinajstić information content (AvgIpc) is 2.87. The van der Waals surface area contributed by atoms with E-state index in [2.05, 4.69) is 6.92 Å². The monoisotopic (exact) mass is 286 g/mol. The number of carbonyl (C=O) groups is 2. The van der Waals surface area contributed by atoms with E-state index in [4.69, 9.17) is 0 Å². The SMILES string of the molecule is CC(=O)[C@H]1[C@@H]2C(=O)S[C@@H]3S[C@H]4S[C@H](C)[C@H]1[C@@H]4[C@H]32. The Kier molecular flexibility index (Phi) is 2.30. The smallest absolute Gasteiger partial charge is 0.194 e. The van der Waals surface area contributed by atoms with Gasteiger partial charge in [0.05, 0.1) is 9.16 Å². The fraction of sp³-hybridized carbons (Fsp3) is 0.833. The molecule has 0 spiro atoms. The highest BCUT2D eigenvalue weighted by Crippen LogP contribution is 2.73. The average molecular weight is 286 g/mol. The Hall–Kier alpha value is 0.390. The van der Waals surface area contributed by atoms with Crippen LogP contribution in [0.15, 0.2) is 0 Å². The number of ketones is 1. The molecule has 3 saturated heterocycles. The van der Waals surface area contributed by atoms with Gasteiger partial charge in [-0.1, -0.05) is 18.7 Å².